The predicted octanol–water partition coefficient (Wildman–Crippen LogP) is 25.2. The van der Waals surface area contributed by atoms with Gasteiger partial charge in [-0.2, -0.15) is 0 Å². The highest BCUT2D eigenvalue weighted by Gasteiger charge is 2.30. The van der Waals surface area contributed by atoms with Crippen LogP contribution in [-0.4, -0.2) is 96.7 Å². The molecular weight excluding hydrogens is 1330 g/mol. The molecule has 2 unspecified atom stereocenters. The molecule has 102 heavy (non-hydrogen) atoms. The normalized spacial score (nSPS) is 13.8. The van der Waals surface area contributed by atoms with E-state index >= 15 is 0 Å². The molecule has 0 saturated carbocycles. The Labute approximate surface area is 626 Å². The number of aliphatic hydroxyl groups is 1. The molecule has 0 aromatic heterocycles. The average molecular weight is 1490 g/mol. The van der Waals surface area contributed by atoms with E-state index in [9.17, 15) is 43.2 Å². The molecule has 0 heterocycles. The van der Waals surface area contributed by atoms with Crippen LogP contribution >= 0.6 is 15.6 Å². The third-order valence-corrected chi connectivity index (χ3v) is 21.4. The van der Waals surface area contributed by atoms with Gasteiger partial charge < -0.3 is 33.8 Å². The molecule has 17 nitrogen and oxygen atoms in total. The fourth-order valence-corrected chi connectivity index (χ4v) is 14.5. The van der Waals surface area contributed by atoms with Gasteiger partial charge in [0.05, 0.1) is 26.4 Å². The van der Waals surface area contributed by atoms with Crippen molar-refractivity contribution in [3.05, 3.63) is 0 Å². The summed E-state index contributed by atoms with van der Waals surface area (Å²) in [7, 11) is -9.92. The van der Waals surface area contributed by atoms with Crippen LogP contribution < -0.4 is 0 Å². The van der Waals surface area contributed by atoms with Crippen molar-refractivity contribution in [1.29, 1.82) is 0 Å². The minimum Gasteiger partial charge on any atom is -0.462 e. The van der Waals surface area contributed by atoms with Gasteiger partial charge in [-0.1, -0.05) is 394 Å². The molecular formula is C83H162O17P2. The molecule has 0 aliphatic heterocycles. The van der Waals surface area contributed by atoms with E-state index in [2.05, 4.69) is 34.6 Å². The largest absolute Gasteiger partial charge is 0.472 e. The standard InChI is InChI=1S/C83H162O17P2/c1-6-9-12-15-18-21-24-27-30-32-33-34-37-40-43-48-54-59-64-69-83(88)99-78(72-93-80(85)66-61-56-51-46-41-38-36-31-28-25-22-19-16-13-10-7-2)74-97-101(89,90)95-70-77(84)71-96-102(91,92)98-75-79(73-94-81(86)67-62-57-52-49-44-45-50-55-60-65-76(4)5)100-82(87)68-63-58-53-47-42-39-35-29-26-23-20-17-14-11-8-3/h76-79,84H,6-75H2,1-5H3,(H,89,90)(H,91,92)/t77-,78-,79-/m1/s1. The van der Waals surface area contributed by atoms with Crippen molar-refractivity contribution in [2.24, 2.45) is 5.92 Å². The molecule has 0 aromatic carbocycles. The Bertz CT molecular complexity index is 1940. The summed E-state index contributed by atoms with van der Waals surface area (Å²) in [6.45, 7) is 7.34. The SMILES string of the molecule is CCCCCCCCCCCCCCCCCCCCCC(=O)O[C@H](COC(=O)CCCCCCCCCCCCCCCCCC)COP(=O)(O)OC[C@@H](O)COP(=O)(O)OC[C@@H](COC(=O)CCCCCCCCCCCC(C)C)OC(=O)CCCCCCCCCCCCCCCCC. The lowest BCUT2D eigenvalue weighted by molar-refractivity contribution is -0.161. The highest BCUT2D eigenvalue weighted by atomic mass is 31.2. The van der Waals surface area contributed by atoms with Crippen LogP contribution in [0.5, 0.6) is 0 Å². The number of unbranched alkanes of at least 4 members (excludes halogenated alkanes) is 55. The average Bonchev–Trinajstić information content (AvgIpc) is 0.914. The Kier molecular flexibility index (Phi) is 74.4. The topological polar surface area (TPSA) is 237 Å². The van der Waals surface area contributed by atoms with Gasteiger partial charge in [0.1, 0.15) is 19.3 Å². The molecule has 19 heteroatoms. The number of rotatable bonds is 83. The fraction of sp³-hybridized carbons (Fsp3) is 0.952. The second-order valence-electron chi connectivity index (χ2n) is 30.3. The van der Waals surface area contributed by atoms with Crippen LogP contribution in [0.1, 0.15) is 446 Å². The molecule has 0 fully saturated rings. The number of carbonyl (C=O) groups excluding carboxylic acids is 4. The Morgan fingerprint density at radius 1 is 0.265 bits per heavy atom. The van der Waals surface area contributed by atoms with Crippen molar-refractivity contribution in [2.45, 2.75) is 464 Å². The summed E-state index contributed by atoms with van der Waals surface area (Å²) < 4.78 is 68.8. The van der Waals surface area contributed by atoms with Gasteiger partial charge in [0.25, 0.3) is 0 Å². The predicted molar refractivity (Wildman–Crippen MR) is 418 cm³/mol. The maximum absolute atomic E-state index is 13.1. The third-order valence-electron chi connectivity index (χ3n) is 19.5. The minimum absolute atomic E-state index is 0.108. The molecule has 0 rings (SSSR count). The zero-order valence-electron chi connectivity index (χ0n) is 66.8. The Balaban J connectivity index is 5.25. The second kappa shape index (κ2) is 75.9. The van der Waals surface area contributed by atoms with Crippen molar-refractivity contribution in [1.82, 2.24) is 0 Å². The van der Waals surface area contributed by atoms with Crippen molar-refractivity contribution in [3.8, 4) is 0 Å². The molecule has 0 amide bonds. The first-order valence-corrected chi connectivity index (χ1v) is 46.1. The molecule has 0 aromatic rings. The number of ether oxygens (including phenoxy) is 4. The fourth-order valence-electron chi connectivity index (χ4n) is 12.9. The molecule has 0 aliphatic rings. The van der Waals surface area contributed by atoms with Crippen molar-refractivity contribution in [3.63, 3.8) is 0 Å². The molecule has 0 aliphatic carbocycles. The summed E-state index contributed by atoms with van der Waals surface area (Å²) in [6.07, 6.45) is 67.9. The molecule has 606 valence electrons. The number of aliphatic hydroxyl groups excluding tert-OH is 1. The Hall–Kier alpha value is -1.94. The lowest BCUT2D eigenvalue weighted by Crippen LogP contribution is -2.30. The van der Waals surface area contributed by atoms with Crippen molar-refractivity contribution < 1.29 is 80.2 Å². The summed E-state index contributed by atoms with van der Waals surface area (Å²) in [4.78, 5) is 73.1. The van der Waals surface area contributed by atoms with Crippen LogP contribution in [0.3, 0.4) is 0 Å². The van der Waals surface area contributed by atoms with E-state index in [1.165, 1.54) is 270 Å². The van der Waals surface area contributed by atoms with Crippen LogP contribution in [0, 0.1) is 5.92 Å². The number of esters is 4. The molecule has 0 bridgehead atoms. The summed E-state index contributed by atoms with van der Waals surface area (Å²) in [5.41, 5.74) is 0. The number of carbonyl (C=O) groups is 4. The van der Waals surface area contributed by atoms with Gasteiger partial charge >= 0.3 is 39.5 Å². The first-order valence-electron chi connectivity index (χ1n) is 43.1. The van der Waals surface area contributed by atoms with Gasteiger partial charge in [-0.05, 0) is 31.6 Å². The van der Waals surface area contributed by atoms with Crippen LogP contribution in [0.25, 0.3) is 0 Å². The van der Waals surface area contributed by atoms with Gasteiger partial charge in [-0.25, -0.2) is 9.13 Å². The number of hydrogen-bond donors (Lipinski definition) is 3. The van der Waals surface area contributed by atoms with Crippen molar-refractivity contribution in [2.75, 3.05) is 39.6 Å². The van der Waals surface area contributed by atoms with Gasteiger partial charge in [0, 0.05) is 25.7 Å². The molecule has 0 spiro atoms. The number of phosphoric ester groups is 2. The first-order chi connectivity index (χ1) is 49.5. The van der Waals surface area contributed by atoms with Crippen LogP contribution in [0.4, 0.5) is 0 Å². The first kappa shape index (κ1) is 100. The lowest BCUT2D eigenvalue weighted by atomic mass is 10.0. The van der Waals surface area contributed by atoms with Crippen molar-refractivity contribution >= 4 is 39.5 Å². The summed E-state index contributed by atoms with van der Waals surface area (Å²) in [5.74, 6) is -1.36. The van der Waals surface area contributed by atoms with E-state index in [1.807, 2.05) is 0 Å². The quantitative estimate of drug-likeness (QED) is 0.0222. The van der Waals surface area contributed by atoms with E-state index in [4.69, 9.17) is 37.0 Å². The second-order valence-corrected chi connectivity index (χ2v) is 33.3. The van der Waals surface area contributed by atoms with Crippen LogP contribution in [-0.2, 0) is 65.4 Å². The van der Waals surface area contributed by atoms with Gasteiger partial charge in [-0.3, -0.25) is 37.3 Å². The van der Waals surface area contributed by atoms with Gasteiger partial charge in [0.2, 0.25) is 0 Å². The van der Waals surface area contributed by atoms with E-state index in [0.717, 1.165) is 95.8 Å². The highest BCUT2D eigenvalue weighted by molar-refractivity contribution is 7.47. The summed E-state index contributed by atoms with van der Waals surface area (Å²) >= 11 is 0. The Morgan fingerprint density at radius 2 is 0.451 bits per heavy atom. The van der Waals surface area contributed by atoms with E-state index < -0.39 is 97.5 Å². The highest BCUT2D eigenvalue weighted by Crippen LogP contribution is 2.45. The minimum atomic E-state index is -4.96. The lowest BCUT2D eigenvalue weighted by Gasteiger charge is -2.21. The van der Waals surface area contributed by atoms with E-state index in [-0.39, 0.29) is 25.7 Å². The van der Waals surface area contributed by atoms with Crippen LogP contribution in [0.15, 0.2) is 0 Å². The number of hydrogen-bond acceptors (Lipinski definition) is 15. The monoisotopic (exact) mass is 1490 g/mol. The summed E-state index contributed by atoms with van der Waals surface area (Å²) in [5, 5.41) is 10.7. The van der Waals surface area contributed by atoms with Crippen LogP contribution in [0.2, 0.25) is 0 Å². The molecule has 3 N–H and O–H groups in total. The van der Waals surface area contributed by atoms with E-state index in [0.29, 0.717) is 25.7 Å². The Morgan fingerprint density at radius 3 is 0.667 bits per heavy atom. The van der Waals surface area contributed by atoms with Gasteiger partial charge in [-0.15, -0.1) is 0 Å². The molecule has 0 saturated heterocycles. The summed E-state index contributed by atoms with van der Waals surface area (Å²) in [6, 6.07) is 0. The smallest absolute Gasteiger partial charge is 0.462 e. The zero-order chi connectivity index (χ0) is 74.8. The van der Waals surface area contributed by atoms with Gasteiger partial charge in [0.15, 0.2) is 12.2 Å². The zero-order valence-corrected chi connectivity index (χ0v) is 68.5. The van der Waals surface area contributed by atoms with E-state index in [1.54, 1.807) is 0 Å². The molecule has 5 atom stereocenters. The third kappa shape index (κ3) is 76.3. The molecule has 0 radical (unpaired) electrons. The number of phosphoric acid groups is 2. The maximum Gasteiger partial charge on any atom is 0.472 e. The maximum atomic E-state index is 13.1.